The predicted molar refractivity (Wildman–Crippen MR) is 62.8 cm³/mol. The van der Waals surface area contributed by atoms with Gasteiger partial charge in [0.25, 0.3) is 0 Å². The first-order valence-corrected chi connectivity index (χ1v) is 6.17. The van der Waals surface area contributed by atoms with Gasteiger partial charge >= 0.3 is 6.03 Å². The molecule has 3 heteroatoms. The highest BCUT2D eigenvalue weighted by Crippen LogP contribution is 2.29. The standard InChI is InChI=1S/C12H24N2O/c1-4-13-12(15)14-11-7-5-10(6-8-11)9(2)3/h9-11H,4-8H2,1-3H3,(H2,13,14,15). The molecule has 1 aliphatic rings. The molecular formula is C12H24N2O. The van der Waals surface area contributed by atoms with E-state index in [-0.39, 0.29) is 6.03 Å². The Morgan fingerprint density at radius 2 is 1.87 bits per heavy atom. The number of amides is 2. The Kier molecular flexibility index (Phi) is 4.92. The third-order valence-corrected chi connectivity index (χ3v) is 3.39. The molecule has 0 radical (unpaired) electrons. The van der Waals surface area contributed by atoms with Crippen LogP contribution in [0.15, 0.2) is 0 Å². The fourth-order valence-electron chi connectivity index (χ4n) is 2.33. The van der Waals surface area contributed by atoms with E-state index in [0.29, 0.717) is 12.6 Å². The van der Waals surface area contributed by atoms with Gasteiger partial charge in [-0.1, -0.05) is 13.8 Å². The van der Waals surface area contributed by atoms with Crippen LogP contribution in [0.25, 0.3) is 0 Å². The maximum atomic E-state index is 11.3. The average molecular weight is 212 g/mol. The number of hydrogen-bond acceptors (Lipinski definition) is 1. The minimum absolute atomic E-state index is 0.00880. The van der Waals surface area contributed by atoms with Crippen molar-refractivity contribution >= 4 is 6.03 Å². The van der Waals surface area contributed by atoms with E-state index in [1.54, 1.807) is 0 Å². The summed E-state index contributed by atoms with van der Waals surface area (Å²) in [6.45, 7) is 7.23. The van der Waals surface area contributed by atoms with E-state index in [9.17, 15) is 4.79 Å². The van der Waals surface area contributed by atoms with Crippen molar-refractivity contribution in [3.8, 4) is 0 Å². The molecule has 0 bridgehead atoms. The molecule has 0 unspecified atom stereocenters. The summed E-state index contributed by atoms with van der Waals surface area (Å²) in [5, 5.41) is 5.81. The van der Waals surface area contributed by atoms with Crippen molar-refractivity contribution in [2.24, 2.45) is 11.8 Å². The summed E-state index contributed by atoms with van der Waals surface area (Å²) < 4.78 is 0. The summed E-state index contributed by atoms with van der Waals surface area (Å²) in [5.74, 6) is 1.65. The number of rotatable bonds is 3. The fraction of sp³-hybridized carbons (Fsp3) is 0.917. The summed E-state index contributed by atoms with van der Waals surface area (Å²) in [6, 6.07) is 0.386. The highest BCUT2D eigenvalue weighted by Gasteiger charge is 2.23. The van der Waals surface area contributed by atoms with Crippen molar-refractivity contribution in [3.05, 3.63) is 0 Å². The molecule has 0 aliphatic heterocycles. The normalized spacial score (nSPS) is 26.4. The summed E-state index contributed by atoms with van der Waals surface area (Å²) in [6.07, 6.45) is 4.80. The molecule has 0 aromatic rings. The van der Waals surface area contributed by atoms with E-state index in [2.05, 4.69) is 24.5 Å². The van der Waals surface area contributed by atoms with Gasteiger partial charge in [0.1, 0.15) is 0 Å². The van der Waals surface area contributed by atoms with Crippen LogP contribution in [-0.4, -0.2) is 18.6 Å². The maximum Gasteiger partial charge on any atom is 0.314 e. The molecule has 1 aliphatic carbocycles. The van der Waals surface area contributed by atoms with Gasteiger partial charge in [-0.3, -0.25) is 0 Å². The Hall–Kier alpha value is -0.730. The van der Waals surface area contributed by atoms with Gasteiger partial charge in [-0.2, -0.15) is 0 Å². The lowest BCUT2D eigenvalue weighted by Gasteiger charge is -2.31. The molecule has 2 amide bonds. The van der Waals surface area contributed by atoms with Crippen molar-refractivity contribution in [1.82, 2.24) is 10.6 Å². The highest BCUT2D eigenvalue weighted by molar-refractivity contribution is 5.74. The first-order valence-electron chi connectivity index (χ1n) is 6.17. The molecule has 1 saturated carbocycles. The van der Waals surface area contributed by atoms with Gasteiger partial charge in [0.05, 0.1) is 0 Å². The zero-order valence-corrected chi connectivity index (χ0v) is 10.2. The van der Waals surface area contributed by atoms with Gasteiger partial charge in [-0.05, 0) is 44.4 Å². The molecular weight excluding hydrogens is 188 g/mol. The molecule has 0 spiro atoms. The molecule has 1 rings (SSSR count). The first kappa shape index (κ1) is 12.3. The van der Waals surface area contributed by atoms with E-state index < -0.39 is 0 Å². The van der Waals surface area contributed by atoms with Crippen molar-refractivity contribution < 1.29 is 4.79 Å². The Balaban J connectivity index is 2.22. The van der Waals surface area contributed by atoms with Crippen LogP contribution in [0, 0.1) is 11.8 Å². The third kappa shape index (κ3) is 4.10. The molecule has 1 fully saturated rings. The van der Waals surface area contributed by atoms with E-state index in [1.807, 2.05) is 6.92 Å². The minimum atomic E-state index is -0.00880. The van der Waals surface area contributed by atoms with Gasteiger partial charge in [-0.25, -0.2) is 4.79 Å². The summed E-state index contributed by atoms with van der Waals surface area (Å²) in [5.41, 5.74) is 0. The van der Waals surface area contributed by atoms with Gasteiger partial charge < -0.3 is 10.6 Å². The Morgan fingerprint density at radius 1 is 1.27 bits per heavy atom. The molecule has 0 aromatic heterocycles. The monoisotopic (exact) mass is 212 g/mol. The van der Waals surface area contributed by atoms with Crippen LogP contribution in [0.3, 0.4) is 0 Å². The van der Waals surface area contributed by atoms with Gasteiger partial charge in [0.15, 0.2) is 0 Å². The second-order valence-electron chi connectivity index (χ2n) is 4.86. The summed E-state index contributed by atoms with van der Waals surface area (Å²) in [7, 11) is 0. The molecule has 0 aromatic carbocycles. The van der Waals surface area contributed by atoms with E-state index in [4.69, 9.17) is 0 Å². The number of carbonyl (C=O) groups is 1. The van der Waals surface area contributed by atoms with Crippen LogP contribution in [0.5, 0.6) is 0 Å². The van der Waals surface area contributed by atoms with Crippen LogP contribution in [0.4, 0.5) is 4.79 Å². The van der Waals surface area contributed by atoms with Crippen LogP contribution in [0.2, 0.25) is 0 Å². The molecule has 0 heterocycles. The van der Waals surface area contributed by atoms with Gasteiger partial charge in [-0.15, -0.1) is 0 Å². The largest absolute Gasteiger partial charge is 0.338 e. The third-order valence-electron chi connectivity index (χ3n) is 3.39. The van der Waals surface area contributed by atoms with Crippen LogP contribution >= 0.6 is 0 Å². The van der Waals surface area contributed by atoms with Crippen molar-refractivity contribution in [2.75, 3.05) is 6.54 Å². The smallest absolute Gasteiger partial charge is 0.314 e. The average Bonchev–Trinajstić information content (AvgIpc) is 2.18. The van der Waals surface area contributed by atoms with Crippen molar-refractivity contribution in [2.45, 2.75) is 52.5 Å². The van der Waals surface area contributed by atoms with Crippen LogP contribution < -0.4 is 10.6 Å². The van der Waals surface area contributed by atoms with Crippen molar-refractivity contribution in [1.29, 1.82) is 0 Å². The molecule has 0 atom stereocenters. The zero-order chi connectivity index (χ0) is 11.3. The number of carbonyl (C=O) groups excluding carboxylic acids is 1. The first-order chi connectivity index (χ1) is 7.13. The van der Waals surface area contributed by atoms with Crippen LogP contribution in [0.1, 0.15) is 46.5 Å². The second kappa shape index (κ2) is 5.99. The zero-order valence-electron chi connectivity index (χ0n) is 10.2. The van der Waals surface area contributed by atoms with Gasteiger partial charge in [0, 0.05) is 12.6 Å². The van der Waals surface area contributed by atoms with E-state index >= 15 is 0 Å². The van der Waals surface area contributed by atoms with E-state index in [1.165, 1.54) is 12.8 Å². The van der Waals surface area contributed by atoms with Gasteiger partial charge in [0.2, 0.25) is 0 Å². The Bertz CT molecular complexity index is 196. The summed E-state index contributed by atoms with van der Waals surface area (Å²) >= 11 is 0. The molecule has 15 heavy (non-hydrogen) atoms. The molecule has 88 valence electrons. The topological polar surface area (TPSA) is 41.1 Å². The van der Waals surface area contributed by atoms with Crippen LogP contribution in [-0.2, 0) is 0 Å². The number of urea groups is 1. The SMILES string of the molecule is CCNC(=O)NC1CCC(C(C)C)CC1. The second-order valence-corrected chi connectivity index (χ2v) is 4.86. The lowest BCUT2D eigenvalue weighted by atomic mass is 9.80. The van der Waals surface area contributed by atoms with E-state index in [0.717, 1.165) is 24.7 Å². The lowest BCUT2D eigenvalue weighted by Crippen LogP contribution is -2.43. The summed E-state index contributed by atoms with van der Waals surface area (Å²) in [4.78, 5) is 11.3. The quantitative estimate of drug-likeness (QED) is 0.741. The predicted octanol–water partition coefficient (Wildman–Crippen LogP) is 2.52. The molecule has 0 saturated heterocycles. The maximum absolute atomic E-state index is 11.3. The van der Waals surface area contributed by atoms with Crippen molar-refractivity contribution in [3.63, 3.8) is 0 Å². The Morgan fingerprint density at radius 3 is 2.33 bits per heavy atom. The molecule has 2 N–H and O–H groups in total. The Labute approximate surface area is 93.0 Å². The minimum Gasteiger partial charge on any atom is -0.338 e. The number of hydrogen-bond donors (Lipinski definition) is 2. The fourth-order valence-corrected chi connectivity index (χ4v) is 2.33. The highest BCUT2D eigenvalue weighted by atomic mass is 16.2. The number of nitrogens with one attached hydrogen (secondary N) is 2. The lowest BCUT2D eigenvalue weighted by molar-refractivity contribution is 0.216. The molecule has 3 nitrogen and oxygen atoms in total.